The summed E-state index contributed by atoms with van der Waals surface area (Å²) in [5.74, 6) is 0. The zero-order chi connectivity index (χ0) is 31.3. The number of fused-ring (bicyclic) bond motifs is 10. The predicted octanol–water partition coefficient (Wildman–Crippen LogP) is 12.8. The van der Waals surface area contributed by atoms with Gasteiger partial charge in [0, 0.05) is 47.6 Å². The number of rotatable bonds is 3. The minimum absolute atomic E-state index is 0.00910. The summed E-state index contributed by atoms with van der Waals surface area (Å²) in [7, 11) is 0. The van der Waals surface area contributed by atoms with E-state index in [-0.39, 0.29) is 5.41 Å². The maximum Gasteiger partial charge on any atom is 0.0634 e. The van der Waals surface area contributed by atoms with E-state index in [1.807, 2.05) is 11.3 Å². The molecule has 2 aromatic heterocycles. The number of thiophene rings is 1. The molecule has 1 aliphatic rings. The normalized spacial score (nSPS) is 13.5. The molecule has 10 rings (SSSR count). The summed E-state index contributed by atoms with van der Waals surface area (Å²) in [4.78, 5) is 0. The van der Waals surface area contributed by atoms with Gasteiger partial charge in [-0.3, -0.25) is 0 Å². The molecule has 0 spiro atoms. The molecule has 0 amide bonds. The third-order valence-corrected chi connectivity index (χ3v) is 11.6. The Labute approximate surface area is 278 Å². The fourth-order valence-electron chi connectivity index (χ4n) is 8.14. The molecular formula is C45H31NS. The monoisotopic (exact) mass is 617 g/mol. The van der Waals surface area contributed by atoms with Crippen molar-refractivity contribution in [2.45, 2.75) is 19.3 Å². The van der Waals surface area contributed by atoms with E-state index in [0.717, 1.165) is 0 Å². The van der Waals surface area contributed by atoms with E-state index in [0.29, 0.717) is 0 Å². The Balaban J connectivity index is 1.29. The van der Waals surface area contributed by atoms with Crippen molar-refractivity contribution in [2.24, 2.45) is 0 Å². The second kappa shape index (κ2) is 9.78. The lowest BCUT2D eigenvalue weighted by Crippen LogP contribution is -2.14. The molecule has 9 aromatic rings. The van der Waals surface area contributed by atoms with Crippen LogP contribution in [0.25, 0.3) is 81.0 Å². The van der Waals surface area contributed by atoms with E-state index < -0.39 is 0 Å². The summed E-state index contributed by atoms with van der Waals surface area (Å²) in [6.07, 6.45) is 0. The Morgan fingerprint density at radius 3 is 2.00 bits per heavy atom. The first-order chi connectivity index (χ1) is 23.1. The van der Waals surface area contributed by atoms with Gasteiger partial charge in [-0.15, -0.1) is 11.3 Å². The lowest BCUT2D eigenvalue weighted by atomic mass is 9.82. The largest absolute Gasteiger partial charge is 0.309 e. The molecule has 222 valence electrons. The number of aromatic nitrogens is 1. The molecule has 2 heteroatoms. The van der Waals surface area contributed by atoms with Crippen molar-refractivity contribution in [3.63, 3.8) is 0 Å². The van der Waals surface area contributed by atoms with Crippen LogP contribution < -0.4 is 0 Å². The van der Waals surface area contributed by atoms with Crippen molar-refractivity contribution < 1.29 is 0 Å². The third-order valence-electron chi connectivity index (χ3n) is 10.4. The summed E-state index contributed by atoms with van der Waals surface area (Å²) in [5.41, 5.74) is 14.3. The van der Waals surface area contributed by atoms with Gasteiger partial charge in [-0.2, -0.15) is 0 Å². The molecule has 0 saturated heterocycles. The Morgan fingerprint density at radius 1 is 0.489 bits per heavy atom. The molecule has 1 aliphatic carbocycles. The second-order valence-corrected chi connectivity index (χ2v) is 14.4. The number of benzene rings is 7. The van der Waals surface area contributed by atoms with Crippen LogP contribution in [0.1, 0.15) is 25.0 Å². The van der Waals surface area contributed by atoms with Gasteiger partial charge in [0.2, 0.25) is 0 Å². The molecule has 0 N–H and O–H groups in total. The van der Waals surface area contributed by atoms with Gasteiger partial charge in [-0.1, -0.05) is 129 Å². The fourth-order valence-corrected chi connectivity index (χ4v) is 9.38. The fraction of sp³-hybridized carbons (Fsp3) is 0.0667. The summed E-state index contributed by atoms with van der Waals surface area (Å²) in [5, 5.41) is 5.22. The number of para-hydroxylation sites is 1. The number of nitrogens with zero attached hydrogens (tertiary/aromatic N) is 1. The first-order valence-corrected chi connectivity index (χ1v) is 17.2. The molecule has 0 aliphatic heterocycles. The van der Waals surface area contributed by atoms with Crippen LogP contribution in [0, 0.1) is 0 Å². The van der Waals surface area contributed by atoms with Crippen molar-refractivity contribution in [1.82, 2.24) is 4.57 Å². The molecule has 0 fully saturated rings. The minimum Gasteiger partial charge on any atom is -0.309 e. The van der Waals surface area contributed by atoms with Gasteiger partial charge in [-0.05, 0) is 75.3 Å². The lowest BCUT2D eigenvalue weighted by molar-refractivity contribution is 0.660. The summed E-state index contributed by atoms with van der Waals surface area (Å²) >= 11 is 1.92. The van der Waals surface area contributed by atoms with Crippen LogP contribution in [-0.2, 0) is 5.41 Å². The third kappa shape index (κ3) is 3.77. The van der Waals surface area contributed by atoms with E-state index in [1.54, 1.807) is 0 Å². The second-order valence-electron chi connectivity index (χ2n) is 13.3. The molecule has 7 aromatic carbocycles. The van der Waals surface area contributed by atoms with Crippen LogP contribution in [0.5, 0.6) is 0 Å². The van der Waals surface area contributed by atoms with E-state index in [2.05, 4.69) is 170 Å². The average Bonchev–Trinajstić information content (AvgIpc) is 3.74. The van der Waals surface area contributed by atoms with Gasteiger partial charge in [0.15, 0.2) is 0 Å². The van der Waals surface area contributed by atoms with Crippen molar-refractivity contribution in [3.8, 4) is 39.1 Å². The topological polar surface area (TPSA) is 4.93 Å². The van der Waals surface area contributed by atoms with Gasteiger partial charge in [-0.25, -0.2) is 0 Å². The van der Waals surface area contributed by atoms with Crippen LogP contribution in [0.2, 0.25) is 0 Å². The summed E-state index contributed by atoms with van der Waals surface area (Å²) < 4.78 is 5.15. The quantitative estimate of drug-likeness (QED) is 0.186. The Hall–Kier alpha value is -5.44. The van der Waals surface area contributed by atoms with Crippen LogP contribution >= 0.6 is 11.3 Å². The highest BCUT2D eigenvalue weighted by molar-refractivity contribution is 7.26. The van der Waals surface area contributed by atoms with Crippen LogP contribution in [0.4, 0.5) is 0 Å². The molecule has 0 unspecified atom stereocenters. The minimum atomic E-state index is -0.00910. The van der Waals surface area contributed by atoms with E-state index in [1.165, 1.54) is 92.2 Å². The summed E-state index contributed by atoms with van der Waals surface area (Å²) in [6, 6.07) is 56.1. The first kappa shape index (κ1) is 26.7. The van der Waals surface area contributed by atoms with Gasteiger partial charge in [0.25, 0.3) is 0 Å². The maximum absolute atomic E-state index is 2.49. The van der Waals surface area contributed by atoms with Crippen LogP contribution in [-0.4, -0.2) is 4.57 Å². The van der Waals surface area contributed by atoms with Crippen molar-refractivity contribution in [3.05, 3.63) is 163 Å². The predicted molar refractivity (Wildman–Crippen MR) is 202 cm³/mol. The smallest absolute Gasteiger partial charge is 0.0634 e. The van der Waals surface area contributed by atoms with Gasteiger partial charge >= 0.3 is 0 Å². The lowest BCUT2D eigenvalue weighted by Gasteiger charge is -2.21. The molecule has 0 atom stereocenters. The molecule has 47 heavy (non-hydrogen) atoms. The Bertz CT molecular complexity index is 2690. The Morgan fingerprint density at radius 2 is 1.15 bits per heavy atom. The molecular weight excluding hydrogens is 587 g/mol. The van der Waals surface area contributed by atoms with Crippen molar-refractivity contribution in [2.75, 3.05) is 0 Å². The standard InChI is InChI=1S/C45H31NS/c1-45(2)38-17-9-6-14-32(38)36-26-30(22-25-39(36)45)35-27-37-33-15-7-10-18-40(33)46(31-23-20-29(21-24-31)28-12-4-3-5-13-28)43(37)42-34-16-8-11-19-41(34)47-44(35)42/h3-27H,1-2H3. The zero-order valence-corrected chi connectivity index (χ0v) is 27.1. The number of hydrogen-bond donors (Lipinski definition) is 0. The van der Waals surface area contributed by atoms with Gasteiger partial charge in [0.05, 0.1) is 11.0 Å². The molecule has 0 bridgehead atoms. The van der Waals surface area contributed by atoms with Gasteiger partial charge < -0.3 is 4.57 Å². The van der Waals surface area contributed by atoms with Crippen LogP contribution in [0.15, 0.2) is 152 Å². The van der Waals surface area contributed by atoms with Crippen molar-refractivity contribution >= 4 is 53.3 Å². The van der Waals surface area contributed by atoms with E-state index >= 15 is 0 Å². The Kier molecular flexibility index (Phi) is 5.57. The summed E-state index contributed by atoms with van der Waals surface area (Å²) in [6.45, 7) is 4.71. The maximum atomic E-state index is 2.49. The molecule has 0 radical (unpaired) electrons. The SMILES string of the molecule is CC1(C)c2ccccc2-c2cc(-c3cc4c5ccccc5n(-c5ccc(-c6ccccc6)cc5)c4c4c3sc3ccccc34)ccc21. The average molecular weight is 618 g/mol. The highest BCUT2D eigenvalue weighted by atomic mass is 32.1. The van der Waals surface area contributed by atoms with Gasteiger partial charge in [0.1, 0.15) is 0 Å². The highest BCUT2D eigenvalue weighted by Gasteiger charge is 2.35. The van der Waals surface area contributed by atoms with E-state index in [9.17, 15) is 0 Å². The first-order valence-electron chi connectivity index (χ1n) is 16.4. The molecule has 2 heterocycles. The number of hydrogen-bond acceptors (Lipinski definition) is 1. The molecule has 1 nitrogen and oxygen atoms in total. The zero-order valence-electron chi connectivity index (χ0n) is 26.3. The molecule has 0 saturated carbocycles. The van der Waals surface area contributed by atoms with Crippen LogP contribution in [0.3, 0.4) is 0 Å². The van der Waals surface area contributed by atoms with E-state index in [4.69, 9.17) is 0 Å². The van der Waals surface area contributed by atoms with Crippen molar-refractivity contribution in [1.29, 1.82) is 0 Å². The highest BCUT2D eigenvalue weighted by Crippen LogP contribution is 2.52.